The molecule has 0 unspecified atom stereocenters. The lowest BCUT2D eigenvalue weighted by atomic mass is 10.1. The van der Waals surface area contributed by atoms with E-state index in [0.29, 0.717) is 29.4 Å². The van der Waals surface area contributed by atoms with Crippen molar-refractivity contribution in [3.8, 4) is 11.3 Å². The van der Waals surface area contributed by atoms with E-state index in [2.05, 4.69) is 10.2 Å². The fourth-order valence-electron chi connectivity index (χ4n) is 3.51. The summed E-state index contributed by atoms with van der Waals surface area (Å²) in [4.78, 5) is 15.3. The summed E-state index contributed by atoms with van der Waals surface area (Å²) in [6.45, 7) is 5.30. The number of ether oxygens (including phenoxy) is 1. The van der Waals surface area contributed by atoms with Gasteiger partial charge in [-0.15, -0.1) is 0 Å². The molecule has 0 saturated carbocycles. The van der Waals surface area contributed by atoms with E-state index in [4.69, 9.17) is 21.4 Å². The molecule has 6 nitrogen and oxygen atoms in total. The normalized spacial score (nSPS) is 14.6. The minimum Gasteiger partial charge on any atom is -0.379 e. The number of rotatable bonds is 7. The molecular formula is C23H25ClN4O2. The van der Waals surface area contributed by atoms with Crippen LogP contribution in [0.2, 0.25) is 5.02 Å². The van der Waals surface area contributed by atoms with Crippen LogP contribution in [0, 0.1) is 0 Å². The standard InChI is InChI=1S/C23H25ClN4O2/c24-20-8-6-19(7-9-20)22-21(17-28(26-22)16-18-4-2-1-3-5-18)23(29)25-10-11-27-12-14-30-15-13-27/h1-9,17H,10-16H2,(H,25,29). The summed E-state index contributed by atoms with van der Waals surface area (Å²) in [7, 11) is 0. The molecule has 30 heavy (non-hydrogen) atoms. The van der Waals surface area contributed by atoms with Crippen molar-refractivity contribution < 1.29 is 9.53 Å². The predicted octanol–water partition coefficient (Wildman–Crippen LogP) is 3.31. The van der Waals surface area contributed by atoms with Gasteiger partial charge in [-0.25, -0.2) is 0 Å². The van der Waals surface area contributed by atoms with Gasteiger partial charge in [-0.3, -0.25) is 14.4 Å². The number of nitrogens with zero attached hydrogens (tertiary/aromatic N) is 3. The van der Waals surface area contributed by atoms with Gasteiger partial charge in [-0.1, -0.05) is 54.1 Å². The number of carbonyl (C=O) groups is 1. The maximum absolute atomic E-state index is 13.0. The second kappa shape index (κ2) is 9.89. The van der Waals surface area contributed by atoms with Gasteiger partial charge < -0.3 is 10.1 Å². The van der Waals surface area contributed by atoms with E-state index in [1.165, 1.54) is 0 Å². The van der Waals surface area contributed by atoms with Crippen molar-refractivity contribution in [2.75, 3.05) is 39.4 Å². The zero-order valence-corrected chi connectivity index (χ0v) is 17.5. The molecule has 0 spiro atoms. The highest BCUT2D eigenvalue weighted by Crippen LogP contribution is 2.24. The van der Waals surface area contributed by atoms with Crippen molar-refractivity contribution in [2.24, 2.45) is 0 Å². The van der Waals surface area contributed by atoms with E-state index >= 15 is 0 Å². The van der Waals surface area contributed by atoms with Crippen LogP contribution in [0.25, 0.3) is 11.3 Å². The van der Waals surface area contributed by atoms with Crippen molar-refractivity contribution >= 4 is 17.5 Å². The molecule has 1 N–H and O–H groups in total. The second-order valence-electron chi connectivity index (χ2n) is 7.29. The molecule has 3 aromatic rings. The van der Waals surface area contributed by atoms with E-state index in [1.807, 2.05) is 65.5 Å². The highest BCUT2D eigenvalue weighted by atomic mass is 35.5. The summed E-state index contributed by atoms with van der Waals surface area (Å²) >= 11 is 6.04. The average Bonchev–Trinajstić information content (AvgIpc) is 3.19. The molecule has 0 atom stereocenters. The van der Waals surface area contributed by atoms with Gasteiger partial charge in [-0.2, -0.15) is 5.10 Å². The average molecular weight is 425 g/mol. The number of aromatic nitrogens is 2. The van der Waals surface area contributed by atoms with Gasteiger partial charge in [0, 0.05) is 43.0 Å². The third-order valence-corrected chi connectivity index (χ3v) is 5.38. The molecule has 1 fully saturated rings. The van der Waals surface area contributed by atoms with Gasteiger partial charge in [-0.05, 0) is 17.7 Å². The van der Waals surface area contributed by atoms with Crippen LogP contribution in [-0.2, 0) is 11.3 Å². The van der Waals surface area contributed by atoms with Crippen LogP contribution in [0.4, 0.5) is 0 Å². The van der Waals surface area contributed by atoms with E-state index in [0.717, 1.165) is 44.0 Å². The molecule has 1 aromatic heterocycles. The van der Waals surface area contributed by atoms with Crippen molar-refractivity contribution in [3.05, 3.63) is 76.9 Å². The summed E-state index contributed by atoms with van der Waals surface area (Å²) < 4.78 is 7.19. The van der Waals surface area contributed by atoms with Crippen molar-refractivity contribution in [2.45, 2.75) is 6.54 Å². The van der Waals surface area contributed by atoms with E-state index in [-0.39, 0.29) is 5.91 Å². The first-order valence-electron chi connectivity index (χ1n) is 10.1. The maximum Gasteiger partial charge on any atom is 0.255 e. The molecule has 156 valence electrons. The largest absolute Gasteiger partial charge is 0.379 e. The van der Waals surface area contributed by atoms with Gasteiger partial charge in [0.1, 0.15) is 5.69 Å². The number of carbonyl (C=O) groups excluding carboxylic acids is 1. The first-order valence-corrected chi connectivity index (χ1v) is 10.5. The molecule has 0 radical (unpaired) electrons. The van der Waals surface area contributed by atoms with Crippen LogP contribution >= 0.6 is 11.6 Å². The minimum atomic E-state index is -0.118. The van der Waals surface area contributed by atoms with Gasteiger partial charge in [0.2, 0.25) is 0 Å². The molecule has 7 heteroatoms. The monoisotopic (exact) mass is 424 g/mol. The zero-order chi connectivity index (χ0) is 20.8. The lowest BCUT2D eigenvalue weighted by Crippen LogP contribution is -2.41. The van der Waals surface area contributed by atoms with Gasteiger partial charge in [0.25, 0.3) is 5.91 Å². The fourth-order valence-corrected chi connectivity index (χ4v) is 3.63. The molecule has 1 amide bonds. The van der Waals surface area contributed by atoms with Crippen molar-refractivity contribution in [3.63, 3.8) is 0 Å². The number of amides is 1. The fraction of sp³-hybridized carbons (Fsp3) is 0.304. The highest BCUT2D eigenvalue weighted by molar-refractivity contribution is 6.30. The molecule has 2 heterocycles. The second-order valence-corrected chi connectivity index (χ2v) is 7.73. The Labute approximate surface area is 181 Å². The van der Waals surface area contributed by atoms with Crippen molar-refractivity contribution in [1.82, 2.24) is 20.0 Å². The SMILES string of the molecule is O=C(NCCN1CCOCC1)c1cn(Cc2ccccc2)nc1-c1ccc(Cl)cc1. The maximum atomic E-state index is 13.0. The summed E-state index contributed by atoms with van der Waals surface area (Å²) in [6.07, 6.45) is 1.82. The summed E-state index contributed by atoms with van der Waals surface area (Å²) in [6, 6.07) is 17.5. The molecule has 0 bridgehead atoms. The quantitative estimate of drug-likeness (QED) is 0.632. The predicted molar refractivity (Wildman–Crippen MR) is 118 cm³/mol. The number of hydrogen-bond donors (Lipinski definition) is 1. The first-order chi connectivity index (χ1) is 14.7. The number of nitrogens with one attached hydrogen (secondary N) is 1. The van der Waals surface area contributed by atoms with Crippen molar-refractivity contribution in [1.29, 1.82) is 0 Å². The summed E-state index contributed by atoms with van der Waals surface area (Å²) in [5, 5.41) is 8.41. The number of hydrogen-bond acceptors (Lipinski definition) is 4. The Morgan fingerprint density at radius 1 is 1.07 bits per heavy atom. The van der Waals surface area contributed by atoms with E-state index in [9.17, 15) is 4.79 Å². The van der Waals surface area contributed by atoms with Crippen LogP contribution < -0.4 is 5.32 Å². The van der Waals surface area contributed by atoms with Gasteiger partial charge in [0.15, 0.2) is 0 Å². The Bertz CT molecular complexity index is 967. The topological polar surface area (TPSA) is 59.4 Å². The number of benzene rings is 2. The number of halogens is 1. The Morgan fingerprint density at radius 2 is 1.80 bits per heavy atom. The Hall–Kier alpha value is -2.67. The van der Waals surface area contributed by atoms with Crippen LogP contribution in [0.1, 0.15) is 15.9 Å². The smallest absolute Gasteiger partial charge is 0.255 e. The lowest BCUT2D eigenvalue weighted by molar-refractivity contribution is 0.0383. The molecule has 1 saturated heterocycles. The summed E-state index contributed by atoms with van der Waals surface area (Å²) in [5.74, 6) is -0.118. The van der Waals surface area contributed by atoms with E-state index < -0.39 is 0 Å². The molecule has 2 aromatic carbocycles. The third kappa shape index (κ3) is 5.27. The number of morpholine rings is 1. The molecule has 1 aliphatic rings. The van der Waals surface area contributed by atoms with Crippen LogP contribution in [-0.4, -0.2) is 60.0 Å². The molecule has 0 aliphatic carbocycles. The highest BCUT2D eigenvalue weighted by Gasteiger charge is 2.19. The Balaban J connectivity index is 1.51. The zero-order valence-electron chi connectivity index (χ0n) is 16.8. The van der Waals surface area contributed by atoms with E-state index in [1.54, 1.807) is 0 Å². The Morgan fingerprint density at radius 3 is 2.53 bits per heavy atom. The minimum absolute atomic E-state index is 0.118. The van der Waals surface area contributed by atoms with Crippen LogP contribution in [0.5, 0.6) is 0 Å². The van der Waals surface area contributed by atoms with Gasteiger partial charge >= 0.3 is 0 Å². The molecule has 4 rings (SSSR count). The lowest BCUT2D eigenvalue weighted by Gasteiger charge is -2.26. The van der Waals surface area contributed by atoms with Crippen LogP contribution in [0.15, 0.2) is 60.8 Å². The first kappa shape index (κ1) is 20.6. The summed E-state index contributed by atoms with van der Waals surface area (Å²) in [5.41, 5.74) is 3.22. The van der Waals surface area contributed by atoms with Gasteiger partial charge in [0.05, 0.1) is 25.3 Å². The van der Waals surface area contributed by atoms with Crippen LogP contribution in [0.3, 0.4) is 0 Å². The molecular weight excluding hydrogens is 400 g/mol. The molecule has 1 aliphatic heterocycles. The Kier molecular flexibility index (Phi) is 6.79. The third-order valence-electron chi connectivity index (χ3n) is 5.13.